The number of thioether (sulfide) groups is 1. The highest BCUT2D eigenvalue weighted by molar-refractivity contribution is 14.1. The van der Waals surface area contributed by atoms with Gasteiger partial charge >= 0.3 is 0 Å². The monoisotopic (exact) mass is 426 g/mol. The molecule has 1 heterocycles. The van der Waals surface area contributed by atoms with Crippen LogP contribution < -0.4 is 5.32 Å². The first-order chi connectivity index (χ1) is 9.95. The van der Waals surface area contributed by atoms with Gasteiger partial charge in [-0.15, -0.1) is 11.8 Å². The van der Waals surface area contributed by atoms with Crippen LogP contribution in [-0.4, -0.2) is 44.2 Å². The molecule has 0 bridgehead atoms. The zero-order valence-electron chi connectivity index (χ0n) is 12.6. The van der Waals surface area contributed by atoms with Crippen molar-refractivity contribution in [3.05, 3.63) is 0 Å². The van der Waals surface area contributed by atoms with Crippen LogP contribution in [-0.2, 0) is 14.4 Å². The summed E-state index contributed by atoms with van der Waals surface area (Å²) in [4.78, 5) is 36.7. The Balaban J connectivity index is 2.24. The predicted octanol–water partition coefficient (Wildman–Crippen LogP) is 2.32. The SMILES string of the molecule is CCNC(=O)CCCCCN1C(=O)CC(SC(C)I)C1=O. The number of halogens is 1. The van der Waals surface area contributed by atoms with E-state index in [1.807, 2.05) is 13.8 Å². The summed E-state index contributed by atoms with van der Waals surface area (Å²) in [6.07, 6.45) is 3.27. The molecule has 1 N–H and O–H groups in total. The van der Waals surface area contributed by atoms with Crippen LogP contribution in [0.4, 0.5) is 0 Å². The van der Waals surface area contributed by atoms with Crippen molar-refractivity contribution < 1.29 is 14.4 Å². The molecule has 21 heavy (non-hydrogen) atoms. The molecule has 1 rings (SSSR count). The van der Waals surface area contributed by atoms with Crippen molar-refractivity contribution in [1.29, 1.82) is 0 Å². The van der Waals surface area contributed by atoms with Gasteiger partial charge in [-0.1, -0.05) is 29.0 Å². The molecule has 0 saturated carbocycles. The molecule has 0 aromatic heterocycles. The Morgan fingerprint density at radius 1 is 1.43 bits per heavy atom. The van der Waals surface area contributed by atoms with E-state index in [-0.39, 0.29) is 23.0 Å². The van der Waals surface area contributed by atoms with Crippen LogP contribution in [0.15, 0.2) is 0 Å². The number of nitrogens with one attached hydrogen (secondary N) is 1. The molecular formula is C14H23IN2O3S. The summed E-state index contributed by atoms with van der Waals surface area (Å²) in [5, 5.41) is 2.55. The number of carbonyl (C=O) groups is 3. The molecule has 7 heteroatoms. The van der Waals surface area contributed by atoms with Crippen molar-refractivity contribution in [2.75, 3.05) is 13.1 Å². The Hall–Kier alpha value is -0.310. The molecule has 0 aromatic rings. The highest BCUT2D eigenvalue weighted by Crippen LogP contribution is 2.31. The van der Waals surface area contributed by atoms with Crippen molar-refractivity contribution in [1.82, 2.24) is 10.2 Å². The Labute approximate surface area is 144 Å². The summed E-state index contributed by atoms with van der Waals surface area (Å²) in [7, 11) is 0. The first kappa shape index (κ1) is 18.7. The Morgan fingerprint density at radius 2 is 2.14 bits per heavy atom. The summed E-state index contributed by atoms with van der Waals surface area (Å²) < 4.78 is 0.321. The molecule has 2 atom stereocenters. The van der Waals surface area contributed by atoms with Crippen LogP contribution in [0, 0.1) is 0 Å². The van der Waals surface area contributed by atoms with E-state index in [1.54, 1.807) is 11.8 Å². The predicted molar refractivity (Wildman–Crippen MR) is 93.3 cm³/mol. The quantitative estimate of drug-likeness (QED) is 0.266. The first-order valence-corrected chi connectivity index (χ1v) is 9.55. The van der Waals surface area contributed by atoms with E-state index >= 15 is 0 Å². The third-order valence-electron chi connectivity index (χ3n) is 3.21. The lowest BCUT2D eigenvalue weighted by atomic mass is 10.2. The summed E-state index contributed by atoms with van der Waals surface area (Å²) in [5.74, 6) is -0.0335. The zero-order valence-corrected chi connectivity index (χ0v) is 15.5. The number of amides is 3. The van der Waals surface area contributed by atoms with Crippen molar-refractivity contribution in [2.45, 2.75) is 54.5 Å². The highest BCUT2D eigenvalue weighted by atomic mass is 127. The fourth-order valence-electron chi connectivity index (χ4n) is 2.24. The fraction of sp³-hybridized carbons (Fsp3) is 0.786. The number of nitrogens with zero attached hydrogens (tertiary/aromatic N) is 1. The molecule has 3 amide bonds. The van der Waals surface area contributed by atoms with Crippen molar-refractivity contribution in [3.63, 3.8) is 0 Å². The molecule has 1 fully saturated rings. The van der Waals surface area contributed by atoms with E-state index in [0.29, 0.717) is 29.2 Å². The maximum absolute atomic E-state index is 12.1. The van der Waals surface area contributed by atoms with Gasteiger partial charge in [0.05, 0.1) is 8.51 Å². The van der Waals surface area contributed by atoms with Gasteiger partial charge in [0.15, 0.2) is 0 Å². The summed E-state index contributed by atoms with van der Waals surface area (Å²) >= 11 is 3.80. The van der Waals surface area contributed by atoms with Crippen molar-refractivity contribution in [3.8, 4) is 0 Å². The molecule has 0 aliphatic carbocycles. The number of unbranched alkanes of at least 4 members (excludes halogenated alkanes) is 2. The second-order valence-electron chi connectivity index (χ2n) is 5.02. The normalized spacial score (nSPS) is 20.0. The topological polar surface area (TPSA) is 66.5 Å². The summed E-state index contributed by atoms with van der Waals surface area (Å²) in [6, 6.07) is 0. The van der Waals surface area contributed by atoms with Gasteiger partial charge in [0.2, 0.25) is 17.7 Å². The second-order valence-corrected chi connectivity index (χ2v) is 9.28. The standard InChI is InChI=1S/C14H23IN2O3S/c1-3-16-12(18)7-5-4-6-8-17-13(19)9-11(14(17)20)21-10(2)15/h10-11H,3-9H2,1-2H3,(H,16,18). The van der Waals surface area contributed by atoms with E-state index in [2.05, 4.69) is 27.9 Å². The maximum Gasteiger partial charge on any atom is 0.242 e. The van der Waals surface area contributed by atoms with E-state index < -0.39 is 0 Å². The summed E-state index contributed by atoms with van der Waals surface area (Å²) in [5.41, 5.74) is 0. The Bertz CT molecular complexity index is 390. The molecule has 1 aliphatic rings. The number of alkyl halides is 1. The molecule has 5 nitrogen and oxygen atoms in total. The smallest absolute Gasteiger partial charge is 0.242 e. The van der Waals surface area contributed by atoms with Gasteiger partial charge < -0.3 is 5.32 Å². The first-order valence-electron chi connectivity index (χ1n) is 7.36. The lowest BCUT2D eigenvalue weighted by molar-refractivity contribution is -0.138. The largest absolute Gasteiger partial charge is 0.356 e. The molecule has 1 saturated heterocycles. The van der Waals surface area contributed by atoms with Crippen molar-refractivity contribution in [2.24, 2.45) is 0 Å². The number of hydrogen-bond donors (Lipinski definition) is 1. The summed E-state index contributed by atoms with van der Waals surface area (Å²) in [6.45, 7) is 5.06. The molecule has 1 aliphatic heterocycles. The number of imide groups is 1. The fourth-order valence-corrected chi connectivity index (χ4v) is 4.24. The van der Waals surface area contributed by atoms with E-state index in [1.165, 1.54) is 4.90 Å². The molecular weight excluding hydrogens is 403 g/mol. The van der Waals surface area contributed by atoms with Crippen LogP contribution in [0.3, 0.4) is 0 Å². The minimum absolute atomic E-state index is 0.0442. The van der Waals surface area contributed by atoms with E-state index in [4.69, 9.17) is 0 Å². The number of likely N-dealkylation sites (tertiary alicyclic amines) is 1. The number of rotatable bonds is 9. The minimum Gasteiger partial charge on any atom is -0.356 e. The third kappa shape index (κ3) is 6.54. The average molecular weight is 426 g/mol. The lowest BCUT2D eigenvalue weighted by Gasteiger charge is -2.15. The maximum atomic E-state index is 12.1. The zero-order chi connectivity index (χ0) is 15.8. The van der Waals surface area contributed by atoms with Crippen LogP contribution in [0.5, 0.6) is 0 Å². The van der Waals surface area contributed by atoms with E-state index in [9.17, 15) is 14.4 Å². The van der Waals surface area contributed by atoms with E-state index in [0.717, 1.165) is 19.3 Å². The number of carbonyl (C=O) groups excluding carboxylic acids is 3. The molecule has 120 valence electrons. The van der Waals surface area contributed by atoms with Gasteiger partial charge in [-0.25, -0.2) is 0 Å². The molecule has 0 aromatic carbocycles. The van der Waals surface area contributed by atoms with Gasteiger partial charge in [0.25, 0.3) is 0 Å². The van der Waals surface area contributed by atoms with Crippen LogP contribution in [0.25, 0.3) is 0 Å². The second kappa shape index (κ2) is 9.66. The average Bonchev–Trinajstić information content (AvgIpc) is 2.65. The molecule has 0 spiro atoms. The Morgan fingerprint density at radius 3 is 2.76 bits per heavy atom. The highest BCUT2D eigenvalue weighted by Gasteiger charge is 2.38. The van der Waals surface area contributed by atoms with Crippen molar-refractivity contribution >= 4 is 52.1 Å². The minimum atomic E-state index is -0.209. The van der Waals surface area contributed by atoms with Crippen LogP contribution in [0.1, 0.15) is 46.0 Å². The molecule has 2 unspecified atom stereocenters. The number of hydrogen-bond acceptors (Lipinski definition) is 4. The lowest BCUT2D eigenvalue weighted by Crippen LogP contribution is -2.32. The van der Waals surface area contributed by atoms with Gasteiger partial charge in [-0.05, 0) is 26.7 Å². The van der Waals surface area contributed by atoms with Crippen LogP contribution >= 0.6 is 34.4 Å². The van der Waals surface area contributed by atoms with Gasteiger partial charge in [0, 0.05) is 25.9 Å². The molecule has 0 radical (unpaired) electrons. The van der Waals surface area contributed by atoms with Gasteiger partial charge in [-0.2, -0.15) is 0 Å². The van der Waals surface area contributed by atoms with Crippen LogP contribution in [0.2, 0.25) is 0 Å². The third-order valence-corrected chi connectivity index (χ3v) is 5.17. The van der Waals surface area contributed by atoms with Gasteiger partial charge in [-0.3, -0.25) is 19.3 Å². The Kier molecular flexibility index (Phi) is 8.62. The van der Waals surface area contributed by atoms with Gasteiger partial charge in [0.1, 0.15) is 0 Å².